The quantitative estimate of drug-likeness (QED) is 0.799. The molecule has 0 saturated heterocycles. The zero-order valence-corrected chi connectivity index (χ0v) is 12.6. The summed E-state index contributed by atoms with van der Waals surface area (Å²) in [6, 6.07) is 0. The molecule has 1 atom stereocenters. The molecule has 17 heavy (non-hydrogen) atoms. The zero-order valence-electron chi connectivity index (χ0n) is 11.0. The van der Waals surface area contributed by atoms with Crippen molar-refractivity contribution in [1.82, 2.24) is 0 Å². The normalized spacial score (nSPS) is 28.1. The molecule has 5 heteroatoms. The van der Waals surface area contributed by atoms with E-state index < -0.39 is 11.4 Å². The Balaban J connectivity index is 3.34. The first-order valence-corrected chi connectivity index (χ1v) is 7.92. The molecular formula is C12H20O3S2. The molecule has 0 bridgehead atoms. The number of thioether (sulfide) groups is 2. The molecule has 98 valence electrons. The van der Waals surface area contributed by atoms with Gasteiger partial charge in [-0.15, -0.1) is 23.5 Å². The number of ether oxygens (including phenoxy) is 1. The summed E-state index contributed by atoms with van der Waals surface area (Å²) >= 11 is 3.46. The average Bonchev–Trinajstić information content (AvgIpc) is 2.32. The van der Waals surface area contributed by atoms with E-state index >= 15 is 0 Å². The molecule has 1 rings (SSSR count). The van der Waals surface area contributed by atoms with Gasteiger partial charge in [0.25, 0.3) is 0 Å². The lowest BCUT2D eigenvalue weighted by Crippen LogP contribution is -2.40. The van der Waals surface area contributed by atoms with Gasteiger partial charge in [-0.25, -0.2) is 0 Å². The number of aliphatic carboxylic acids is 1. The fraction of sp³-hybridized carbons (Fsp3) is 0.750. The van der Waals surface area contributed by atoms with Crippen molar-refractivity contribution in [3.8, 4) is 0 Å². The van der Waals surface area contributed by atoms with Crippen LogP contribution < -0.4 is 0 Å². The van der Waals surface area contributed by atoms with E-state index in [0.29, 0.717) is 6.42 Å². The van der Waals surface area contributed by atoms with Gasteiger partial charge in [0.15, 0.2) is 0 Å². The first-order valence-electron chi connectivity index (χ1n) is 5.47. The van der Waals surface area contributed by atoms with E-state index in [9.17, 15) is 9.90 Å². The van der Waals surface area contributed by atoms with Crippen molar-refractivity contribution in [3.05, 3.63) is 11.3 Å². The maximum absolute atomic E-state index is 11.4. The van der Waals surface area contributed by atoms with E-state index in [1.807, 2.05) is 19.4 Å². The first-order chi connectivity index (χ1) is 7.88. The van der Waals surface area contributed by atoms with Crippen LogP contribution >= 0.6 is 23.5 Å². The number of rotatable bonds is 4. The molecular weight excluding hydrogens is 256 g/mol. The van der Waals surface area contributed by atoms with Gasteiger partial charge in [-0.05, 0) is 44.8 Å². The van der Waals surface area contributed by atoms with Crippen LogP contribution in [0.5, 0.6) is 0 Å². The fourth-order valence-electron chi connectivity index (χ4n) is 2.30. The second-order valence-electron chi connectivity index (χ2n) is 4.46. The van der Waals surface area contributed by atoms with Crippen molar-refractivity contribution in [2.75, 3.05) is 19.6 Å². The largest absolute Gasteiger partial charge is 0.499 e. The maximum atomic E-state index is 11.4. The van der Waals surface area contributed by atoms with Gasteiger partial charge in [0.2, 0.25) is 0 Å². The van der Waals surface area contributed by atoms with Crippen LogP contribution in [0.3, 0.4) is 0 Å². The lowest BCUT2D eigenvalue weighted by atomic mass is 9.73. The smallest absolute Gasteiger partial charge is 0.313 e. The van der Waals surface area contributed by atoms with Gasteiger partial charge in [0.1, 0.15) is 9.84 Å². The number of hydrogen-bond donors (Lipinski definition) is 1. The highest BCUT2D eigenvalue weighted by Gasteiger charge is 2.49. The molecule has 0 heterocycles. The highest BCUT2D eigenvalue weighted by Crippen LogP contribution is 2.54. The Morgan fingerprint density at radius 1 is 1.35 bits per heavy atom. The molecule has 0 aromatic rings. The Bertz CT molecular complexity index is 348. The highest BCUT2D eigenvalue weighted by molar-refractivity contribution is 8.17. The molecule has 1 aliphatic rings. The third-order valence-corrected chi connectivity index (χ3v) is 6.90. The third-order valence-electron chi connectivity index (χ3n) is 3.80. The molecule has 1 unspecified atom stereocenters. The zero-order chi connectivity index (χ0) is 13.3. The van der Waals surface area contributed by atoms with Gasteiger partial charge in [-0.1, -0.05) is 0 Å². The van der Waals surface area contributed by atoms with E-state index in [0.717, 1.165) is 17.8 Å². The minimum absolute atomic E-state index is 0.131. The molecule has 1 aliphatic carbocycles. The van der Waals surface area contributed by atoms with Crippen molar-refractivity contribution < 1.29 is 14.6 Å². The molecule has 0 radical (unpaired) electrons. The number of carbonyl (C=O) groups is 1. The van der Waals surface area contributed by atoms with Crippen LogP contribution in [0.1, 0.15) is 26.7 Å². The van der Waals surface area contributed by atoms with E-state index in [1.54, 1.807) is 37.6 Å². The molecule has 0 aromatic heterocycles. The summed E-state index contributed by atoms with van der Waals surface area (Å²) in [4.78, 5) is 11.4. The van der Waals surface area contributed by atoms with Crippen LogP contribution in [0, 0.1) is 5.41 Å². The molecule has 0 aliphatic heterocycles. The summed E-state index contributed by atoms with van der Waals surface area (Å²) in [7, 11) is 1.63. The van der Waals surface area contributed by atoms with Crippen LogP contribution in [-0.4, -0.2) is 34.8 Å². The van der Waals surface area contributed by atoms with Crippen molar-refractivity contribution in [3.63, 3.8) is 0 Å². The summed E-state index contributed by atoms with van der Waals surface area (Å²) in [6.45, 7) is 3.67. The maximum Gasteiger partial charge on any atom is 0.313 e. The standard InChI is InChI=1S/C12H20O3S2/c1-8-9(15-3)12(16-4,17-5)7-6-11(8,2)10(13)14/h6-7H2,1-5H3,(H,13,14). The molecule has 0 saturated carbocycles. The van der Waals surface area contributed by atoms with Gasteiger partial charge < -0.3 is 9.84 Å². The third kappa shape index (κ3) is 2.19. The van der Waals surface area contributed by atoms with Crippen molar-refractivity contribution in [2.24, 2.45) is 5.41 Å². The van der Waals surface area contributed by atoms with Crippen LogP contribution in [-0.2, 0) is 9.53 Å². The van der Waals surface area contributed by atoms with Gasteiger partial charge >= 0.3 is 5.97 Å². The molecule has 3 nitrogen and oxygen atoms in total. The van der Waals surface area contributed by atoms with Crippen molar-refractivity contribution >= 4 is 29.5 Å². The SMILES string of the molecule is COC1=C(C)C(C)(C(=O)O)CCC1(SC)SC. The average molecular weight is 276 g/mol. The predicted molar refractivity (Wildman–Crippen MR) is 74.4 cm³/mol. The summed E-state index contributed by atoms with van der Waals surface area (Å²) in [5.74, 6) is 0.0639. The van der Waals surface area contributed by atoms with Crippen LogP contribution in [0.15, 0.2) is 11.3 Å². The number of methoxy groups -OCH3 is 1. The Kier molecular flexibility index (Phi) is 4.47. The molecule has 1 N–H and O–H groups in total. The van der Waals surface area contributed by atoms with E-state index in [1.165, 1.54) is 0 Å². The molecule has 0 spiro atoms. The monoisotopic (exact) mass is 276 g/mol. The summed E-state index contributed by atoms with van der Waals surface area (Å²) in [5.41, 5.74) is 0.0581. The van der Waals surface area contributed by atoms with Crippen molar-refractivity contribution in [1.29, 1.82) is 0 Å². The van der Waals surface area contributed by atoms with Gasteiger partial charge in [0.05, 0.1) is 12.5 Å². The second-order valence-corrected chi connectivity index (χ2v) is 6.93. The van der Waals surface area contributed by atoms with Gasteiger partial charge in [-0.3, -0.25) is 4.79 Å². The summed E-state index contributed by atoms with van der Waals surface area (Å²) < 4.78 is 5.39. The highest BCUT2D eigenvalue weighted by atomic mass is 32.2. The lowest BCUT2D eigenvalue weighted by molar-refractivity contribution is -0.146. The fourth-order valence-corrected chi connectivity index (χ4v) is 4.42. The Morgan fingerprint density at radius 2 is 1.88 bits per heavy atom. The van der Waals surface area contributed by atoms with E-state index in [-0.39, 0.29) is 4.08 Å². The minimum atomic E-state index is -0.791. The number of carboxylic acid groups (broad SMARTS) is 1. The van der Waals surface area contributed by atoms with Crippen LogP contribution in [0.2, 0.25) is 0 Å². The Morgan fingerprint density at radius 3 is 2.24 bits per heavy atom. The van der Waals surface area contributed by atoms with Crippen LogP contribution in [0.25, 0.3) is 0 Å². The second kappa shape index (κ2) is 5.14. The topological polar surface area (TPSA) is 46.5 Å². The summed E-state index contributed by atoms with van der Waals surface area (Å²) in [6.07, 6.45) is 5.57. The number of carboxylic acids is 1. The molecule has 0 amide bonds. The molecule has 0 fully saturated rings. The predicted octanol–water partition coefficient (Wildman–Crippen LogP) is 3.21. The van der Waals surface area contributed by atoms with Gasteiger partial charge in [0, 0.05) is 0 Å². The van der Waals surface area contributed by atoms with Gasteiger partial charge in [-0.2, -0.15) is 0 Å². The first kappa shape index (κ1) is 14.8. The lowest BCUT2D eigenvalue weighted by Gasteiger charge is -2.42. The number of hydrogen-bond acceptors (Lipinski definition) is 4. The Hall–Kier alpha value is -0.290. The van der Waals surface area contributed by atoms with E-state index in [4.69, 9.17) is 4.74 Å². The molecule has 0 aromatic carbocycles. The van der Waals surface area contributed by atoms with Crippen LogP contribution in [0.4, 0.5) is 0 Å². The summed E-state index contributed by atoms with van der Waals surface area (Å²) in [5, 5.41) is 9.39. The van der Waals surface area contributed by atoms with Crippen molar-refractivity contribution in [2.45, 2.75) is 30.8 Å². The Labute approximate surface area is 111 Å². The minimum Gasteiger partial charge on any atom is -0.499 e. The van der Waals surface area contributed by atoms with E-state index in [2.05, 4.69) is 0 Å².